The smallest absolute Gasteiger partial charge is 0.219 e. The standard InChI is InChI=1S/C11H7BrCl2N2O/c12-7-3-8(6-15-5-7)17-11-2-1-9(14)10(4-13)16-11/h1-3,5-6H,4H2. The van der Waals surface area contributed by atoms with Crippen LogP contribution >= 0.6 is 39.1 Å². The molecule has 0 bridgehead atoms. The fourth-order valence-electron chi connectivity index (χ4n) is 1.18. The normalized spacial score (nSPS) is 10.3. The summed E-state index contributed by atoms with van der Waals surface area (Å²) in [7, 11) is 0. The quantitative estimate of drug-likeness (QED) is 0.780. The average Bonchev–Trinajstić information content (AvgIpc) is 2.32. The fraction of sp³-hybridized carbons (Fsp3) is 0.0909. The summed E-state index contributed by atoms with van der Waals surface area (Å²) in [4.78, 5) is 8.18. The minimum atomic E-state index is 0.243. The Kier molecular flexibility index (Phi) is 4.20. The van der Waals surface area contributed by atoms with Crippen LogP contribution in [0.1, 0.15) is 5.69 Å². The Morgan fingerprint density at radius 3 is 2.82 bits per heavy atom. The number of ether oxygens (including phenoxy) is 1. The molecule has 0 atom stereocenters. The molecule has 2 rings (SSSR count). The summed E-state index contributed by atoms with van der Waals surface area (Å²) in [6.45, 7) is 0. The van der Waals surface area contributed by atoms with Crippen LogP contribution in [-0.4, -0.2) is 9.97 Å². The zero-order chi connectivity index (χ0) is 12.3. The van der Waals surface area contributed by atoms with Crippen molar-refractivity contribution >= 4 is 39.1 Å². The highest BCUT2D eigenvalue weighted by Crippen LogP contribution is 2.25. The molecule has 0 amide bonds. The van der Waals surface area contributed by atoms with E-state index in [0.717, 1.165) is 4.47 Å². The second-order valence-electron chi connectivity index (χ2n) is 3.15. The van der Waals surface area contributed by atoms with E-state index in [2.05, 4.69) is 25.9 Å². The third kappa shape index (κ3) is 3.31. The number of aromatic nitrogens is 2. The van der Waals surface area contributed by atoms with E-state index in [-0.39, 0.29) is 5.88 Å². The molecule has 88 valence electrons. The molecule has 2 heterocycles. The second kappa shape index (κ2) is 5.67. The lowest BCUT2D eigenvalue weighted by Gasteiger charge is -2.06. The van der Waals surface area contributed by atoms with Crippen LogP contribution in [0.5, 0.6) is 11.6 Å². The highest BCUT2D eigenvalue weighted by Gasteiger charge is 2.05. The van der Waals surface area contributed by atoms with Crippen LogP contribution in [-0.2, 0) is 5.88 Å². The molecule has 0 unspecified atom stereocenters. The zero-order valence-electron chi connectivity index (χ0n) is 8.53. The lowest BCUT2D eigenvalue weighted by molar-refractivity contribution is 0.459. The number of nitrogens with zero attached hydrogens (tertiary/aromatic N) is 2. The topological polar surface area (TPSA) is 35.0 Å². The molecule has 17 heavy (non-hydrogen) atoms. The Morgan fingerprint density at radius 1 is 1.29 bits per heavy atom. The Hall–Kier alpha value is -0.840. The first kappa shape index (κ1) is 12.6. The zero-order valence-corrected chi connectivity index (χ0v) is 11.6. The third-order valence-electron chi connectivity index (χ3n) is 1.92. The highest BCUT2D eigenvalue weighted by atomic mass is 79.9. The van der Waals surface area contributed by atoms with Gasteiger partial charge in [-0.3, -0.25) is 4.98 Å². The number of pyridine rings is 2. The summed E-state index contributed by atoms with van der Waals surface area (Å²) in [5.74, 6) is 1.27. The van der Waals surface area contributed by atoms with E-state index in [0.29, 0.717) is 22.3 Å². The third-order valence-corrected chi connectivity index (χ3v) is 2.95. The molecule has 0 aliphatic heterocycles. The molecule has 0 aliphatic carbocycles. The minimum Gasteiger partial charge on any atom is -0.437 e. The first-order valence-electron chi connectivity index (χ1n) is 4.69. The molecule has 0 saturated carbocycles. The lowest BCUT2D eigenvalue weighted by atomic mass is 10.4. The molecule has 2 aromatic rings. The van der Waals surface area contributed by atoms with Crippen molar-refractivity contribution in [1.29, 1.82) is 0 Å². The summed E-state index contributed by atoms with van der Waals surface area (Å²) in [6, 6.07) is 5.18. The van der Waals surface area contributed by atoms with Gasteiger partial charge < -0.3 is 4.74 Å². The summed E-state index contributed by atoms with van der Waals surface area (Å²) in [6.07, 6.45) is 3.27. The minimum absolute atomic E-state index is 0.243. The lowest BCUT2D eigenvalue weighted by Crippen LogP contribution is -1.93. The maximum absolute atomic E-state index is 5.90. The van der Waals surface area contributed by atoms with Gasteiger partial charge in [0, 0.05) is 16.7 Å². The van der Waals surface area contributed by atoms with Gasteiger partial charge in [0.05, 0.1) is 22.8 Å². The van der Waals surface area contributed by atoms with E-state index >= 15 is 0 Å². The van der Waals surface area contributed by atoms with E-state index in [4.69, 9.17) is 27.9 Å². The van der Waals surface area contributed by atoms with Gasteiger partial charge in [-0.15, -0.1) is 11.6 Å². The van der Waals surface area contributed by atoms with Crippen LogP contribution in [0.2, 0.25) is 5.02 Å². The van der Waals surface area contributed by atoms with Gasteiger partial charge in [0.15, 0.2) is 0 Å². The SMILES string of the molecule is ClCc1nc(Oc2cncc(Br)c2)ccc1Cl. The van der Waals surface area contributed by atoms with E-state index in [1.165, 1.54) is 0 Å². The van der Waals surface area contributed by atoms with Gasteiger partial charge >= 0.3 is 0 Å². The van der Waals surface area contributed by atoms with Crippen LogP contribution < -0.4 is 4.74 Å². The van der Waals surface area contributed by atoms with Gasteiger partial charge in [-0.2, -0.15) is 0 Å². The molecule has 0 radical (unpaired) electrons. The molecular formula is C11H7BrCl2N2O. The van der Waals surface area contributed by atoms with Gasteiger partial charge in [0.2, 0.25) is 5.88 Å². The second-order valence-corrected chi connectivity index (χ2v) is 4.74. The van der Waals surface area contributed by atoms with Crippen LogP contribution in [0, 0.1) is 0 Å². The number of rotatable bonds is 3. The molecule has 0 fully saturated rings. The molecule has 0 N–H and O–H groups in total. The van der Waals surface area contributed by atoms with Crippen molar-refractivity contribution in [3.05, 3.63) is 45.8 Å². The van der Waals surface area contributed by atoms with Gasteiger partial charge in [-0.05, 0) is 28.1 Å². The molecule has 0 spiro atoms. The maximum Gasteiger partial charge on any atom is 0.219 e. The van der Waals surface area contributed by atoms with E-state index in [9.17, 15) is 0 Å². The van der Waals surface area contributed by atoms with Crippen molar-refractivity contribution in [2.24, 2.45) is 0 Å². The molecule has 3 nitrogen and oxygen atoms in total. The van der Waals surface area contributed by atoms with E-state index < -0.39 is 0 Å². The first-order valence-corrected chi connectivity index (χ1v) is 6.39. The van der Waals surface area contributed by atoms with Crippen LogP contribution in [0.15, 0.2) is 35.1 Å². The molecule has 0 aromatic carbocycles. The largest absolute Gasteiger partial charge is 0.437 e. The monoisotopic (exact) mass is 332 g/mol. The van der Waals surface area contributed by atoms with Gasteiger partial charge in [0.25, 0.3) is 0 Å². The number of hydrogen-bond donors (Lipinski definition) is 0. The predicted octanol–water partition coefficient (Wildman–Crippen LogP) is 4.42. The molecule has 6 heteroatoms. The predicted molar refractivity (Wildman–Crippen MR) is 70.8 cm³/mol. The number of hydrogen-bond acceptors (Lipinski definition) is 3. The molecule has 2 aromatic heterocycles. The van der Waals surface area contributed by atoms with Gasteiger partial charge in [0.1, 0.15) is 5.75 Å². The van der Waals surface area contributed by atoms with Crippen LogP contribution in [0.3, 0.4) is 0 Å². The Labute approximate surface area is 117 Å². The van der Waals surface area contributed by atoms with Gasteiger partial charge in [-0.1, -0.05) is 11.6 Å². The van der Waals surface area contributed by atoms with Crippen LogP contribution in [0.25, 0.3) is 0 Å². The van der Waals surface area contributed by atoms with E-state index in [1.54, 1.807) is 30.6 Å². The van der Waals surface area contributed by atoms with E-state index in [1.807, 2.05) is 0 Å². The maximum atomic E-state index is 5.90. The van der Waals surface area contributed by atoms with Crippen molar-refractivity contribution < 1.29 is 4.74 Å². The van der Waals surface area contributed by atoms with Crippen LogP contribution in [0.4, 0.5) is 0 Å². The molecular weight excluding hydrogens is 327 g/mol. The Balaban J connectivity index is 2.24. The first-order chi connectivity index (χ1) is 8.19. The molecule has 0 aliphatic rings. The molecule has 0 saturated heterocycles. The summed E-state index contributed by atoms with van der Waals surface area (Å²) < 4.78 is 6.37. The van der Waals surface area contributed by atoms with Crippen molar-refractivity contribution in [1.82, 2.24) is 9.97 Å². The number of halogens is 3. The van der Waals surface area contributed by atoms with Crippen molar-refractivity contribution in [3.63, 3.8) is 0 Å². The summed E-state index contributed by atoms with van der Waals surface area (Å²) in [5.41, 5.74) is 0.591. The Bertz CT molecular complexity index is 537. The number of alkyl halides is 1. The van der Waals surface area contributed by atoms with Crippen molar-refractivity contribution in [3.8, 4) is 11.6 Å². The average molecular weight is 334 g/mol. The van der Waals surface area contributed by atoms with Crippen molar-refractivity contribution in [2.45, 2.75) is 5.88 Å². The Morgan fingerprint density at radius 2 is 2.12 bits per heavy atom. The van der Waals surface area contributed by atoms with Crippen molar-refractivity contribution in [2.75, 3.05) is 0 Å². The highest BCUT2D eigenvalue weighted by molar-refractivity contribution is 9.10. The summed E-state index contributed by atoms with van der Waals surface area (Å²) in [5, 5.41) is 0.528. The summed E-state index contributed by atoms with van der Waals surface area (Å²) >= 11 is 14.9. The van der Waals surface area contributed by atoms with Gasteiger partial charge in [-0.25, -0.2) is 4.98 Å². The fourth-order valence-corrected chi connectivity index (χ4v) is 1.97.